The number of H-pyrrole nitrogens is 1. The normalized spacial score (nSPS) is 20.4. The molecular weight excluding hydrogens is 284 g/mol. The third-order valence-corrected chi connectivity index (χ3v) is 3.74. The molecule has 8 heteroatoms. The highest BCUT2D eigenvalue weighted by atomic mass is 16.5. The van der Waals surface area contributed by atoms with Crippen molar-refractivity contribution in [1.29, 1.82) is 0 Å². The van der Waals surface area contributed by atoms with Crippen molar-refractivity contribution >= 4 is 22.8 Å². The summed E-state index contributed by atoms with van der Waals surface area (Å²) in [6.45, 7) is 3.27. The van der Waals surface area contributed by atoms with Gasteiger partial charge in [-0.25, -0.2) is 4.98 Å². The largest absolute Gasteiger partial charge is 0.409 e. The van der Waals surface area contributed by atoms with Gasteiger partial charge in [0.25, 0.3) is 0 Å². The molecule has 1 fully saturated rings. The predicted octanol–water partition coefficient (Wildman–Crippen LogP) is 0.400. The van der Waals surface area contributed by atoms with Gasteiger partial charge in [-0.1, -0.05) is 11.2 Å². The van der Waals surface area contributed by atoms with Crippen LogP contribution < -0.4 is 11.1 Å². The molecule has 3 rings (SSSR count). The number of anilines is 1. The molecule has 1 atom stereocenters. The van der Waals surface area contributed by atoms with E-state index in [0.29, 0.717) is 23.6 Å². The maximum absolute atomic E-state index is 8.84. The number of morpholine rings is 1. The van der Waals surface area contributed by atoms with Crippen molar-refractivity contribution in [2.45, 2.75) is 6.10 Å². The number of aromatic amines is 1. The smallest absolute Gasteiger partial charge is 0.201 e. The van der Waals surface area contributed by atoms with E-state index in [1.54, 1.807) is 6.07 Å². The Bertz CT molecular complexity index is 683. The maximum atomic E-state index is 8.84. The Labute approximate surface area is 127 Å². The fourth-order valence-corrected chi connectivity index (χ4v) is 2.58. The lowest BCUT2D eigenvalue weighted by molar-refractivity contribution is -0.0117. The first kappa shape index (κ1) is 14.6. The number of nitrogens with one attached hydrogen (secondary N) is 2. The molecule has 0 radical (unpaired) electrons. The summed E-state index contributed by atoms with van der Waals surface area (Å²) in [6, 6.07) is 5.49. The van der Waals surface area contributed by atoms with Crippen LogP contribution in [0.4, 0.5) is 5.95 Å². The third kappa shape index (κ3) is 2.97. The van der Waals surface area contributed by atoms with Gasteiger partial charge in [-0.05, 0) is 19.2 Å². The van der Waals surface area contributed by atoms with E-state index in [-0.39, 0.29) is 11.9 Å². The van der Waals surface area contributed by atoms with Crippen LogP contribution in [0.3, 0.4) is 0 Å². The zero-order valence-corrected chi connectivity index (χ0v) is 12.4. The molecule has 1 saturated heterocycles. The lowest BCUT2D eigenvalue weighted by Gasteiger charge is -2.29. The molecular formula is C14H20N6O2. The second kappa shape index (κ2) is 6.20. The summed E-state index contributed by atoms with van der Waals surface area (Å²) in [5, 5.41) is 15.1. The van der Waals surface area contributed by atoms with Crippen molar-refractivity contribution in [1.82, 2.24) is 14.9 Å². The minimum Gasteiger partial charge on any atom is -0.409 e. The minimum atomic E-state index is 0.0425. The molecule has 1 unspecified atom stereocenters. The molecule has 1 aromatic heterocycles. The lowest BCUT2D eigenvalue weighted by atomic mass is 10.2. The Hall–Kier alpha value is -2.32. The van der Waals surface area contributed by atoms with Crippen LogP contribution in [0, 0.1) is 0 Å². The van der Waals surface area contributed by atoms with Gasteiger partial charge in [0.15, 0.2) is 5.84 Å². The van der Waals surface area contributed by atoms with E-state index in [0.717, 1.165) is 25.2 Å². The highest BCUT2D eigenvalue weighted by Gasteiger charge is 2.18. The first-order chi connectivity index (χ1) is 10.7. The summed E-state index contributed by atoms with van der Waals surface area (Å²) >= 11 is 0. The van der Waals surface area contributed by atoms with E-state index in [9.17, 15) is 0 Å². The fraction of sp³-hybridized carbons (Fsp3) is 0.429. The van der Waals surface area contributed by atoms with Gasteiger partial charge < -0.3 is 30.9 Å². The van der Waals surface area contributed by atoms with Gasteiger partial charge in [0, 0.05) is 25.2 Å². The molecule has 8 nitrogen and oxygen atoms in total. The number of para-hydroxylation sites is 1. The summed E-state index contributed by atoms with van der Waals surface area (Å²) in [7, 11) is 2.08. The van der Waals surface area contributed by atoms with E-state index in [4.69, 9.17) is 15.7 Å². The number of aromatic nitrogens is 2. The minimum absolute atomic E-state index is 0.0425. The maximum Gasteiger partial charge on any atom is 0.201 e. The van der Waals surface area contributed by atoms with Crippen LogP contribution in [0.5, 0.6) is 0 Å². The molecule has 5 N–H and O–H groups in total. The van der Waals surface area contributed by atoms with Gasteiger partial charge in [0.1, 0.15) is 5.52 Å². The standard InChI is InChI=1S/C14H20N6O2/c1-20-5-6-22-9(8-20)7-16-14-17-11-4-2-3-10(12(11)18-14)13(15)19-21/h2-4,9,21H,5-8H2,1H3,(H2,15,19)(H2,16,17,18). The Morgan fingerprint density at radius 2 is 2.50 bits per heavy atom. The molecule has 0 saturated carbocycles. The van der Waals surface area contributed by atoms with Crippen molar-refractivity contribution in [2.75, 3.05) is 38.6 Å². The van der Waals surface area contributed by atoms with Gasteiger partial charge in [0.05, 0.1) is 18.2 Å². The number of oxime groups is 1. The zero-order valence-electron chi connectivity index (χ0n) is 12.4. The van der Waals surface area contributed by atoms with Crippen molar-refractivity contribution in [3.63, 3.8) is 0 Å². The van der Waals surface area contributed by atoms with Gasteiger partial charge in [-0.15, -0.1) is 0 Å². The first-order valence-corrected chi connectivity index (χ1v) is 7.18. The van der Waals surface area contributed by atoms with Gasteiger partial charge in [-0.3, -0.25) is 0 Å². The van der Waals surface area contributed by atoms with Crippen LogP contribution in [-0.2, 0) is 4.74 Å². The Balaban J connectivity index is 1.75. The summed E-state index contributed by atoms with van der Waals surface area (Å²) in [5.41, 5.74) is 7.77. The monoisotopic (exact) mass is 304 g/mol. The Kier molecular flexibility index (Phi) is 4.12. The number of nitrogens with zero attached hydrogens (tertiary/aromatic N) is 3. The highest BCUT2D eigenvalue weighted by molar-refractivity contribution is 6.07. The molecule has 0 amide bonds. The van der Waals surface area contributed by atoms with Crippen molar-refractivity contribution in [2.24, 2.45) is 10.9 Å². The number of hydrogen-bond donors (Lipinski definition) is 4. The van der Waals surface area contributed by atoms with E-state index < -0.39 is 0 Å². The number of imidazole rings is 1. The summed E-state index contributed by atoms with van der Waals surface area (Å²) in [5.74, 6) is 0.686. The second-order valence-corrected chi connectivity index (χ2v) is 5.41. The first-order valence-electron chi connectivity index (χ1n) is 7.18. The number of likely N-dealkylation sites (N-methyl/N-ethyl adjacent to an activating group) is 1. The molecule has 2 heterocycles. The van der Waals surface area contributed by atoms with Gasteiger partial charge in [0.2, 0.25) is 5.95 Å². The number of rotatable bonds is 4. The molecule has 2 aromatic rings. The lowest BCUT2D eigenvalue weighted by Crippen LogP contribution is -2.43. The fourth-order valence-electron chi connectivity index (χ4n) is 2.58. The molecule has 118 valence electrons. The molecule has 0 bridgehead atoms. The van der Waals surface area contributed by atoms with Gasteiger partial charge in [-0.2, -0.15) is 0 Å². The van der Waals surface area contributed by atoms with Crippen LogP contribution in [-0.4, -0.2) is 65.3 Å². The van der Waals surface area contributed by atoms with Crippen LogP contribution >= 0.6 is 0 Å². The number of hydrogen-bond acceptors (Lipinski definition) is 6. The molecule has 1 aromatic carbocycles. The quantitative estimate of drug-likeness (QED) is 0.281. The van der Waals surface area contributed by atoms with Crippen LogP contribution in [0.2, 0.25) is 0 Å². The van der Waals surface area contributed by atoms with Crippen LogP contribution in [0.15, 0.2) is 23.4 Å². The average molecular weight is 304 g/mol. The summed E-state index contributed by atoms with van der Waals surface area (Å²) in [6.07, 6.45) is 0.135. The van der Waals surface area contributed by atoms with Gasteiger partial charge >= 0.3 is 0 Å². The summed E-state index contributed by atoms with van der Waals surface area (Å²) in [4.78, 5) is 9.90. The van der Waals surface area contributed by atoms with E-state index in [1.807, 2.05) is 12.1 Å². The predicted molar refractivity (Wildman–Crippen MR) is 84.3 cm³/mol. The molecule has 0 spiro atoms. The number of ether oxygens (including phenoxy) is 1. The SMILES string of the molecule is CN1CCOC(CNc2nc3c(C(N)=NO)cccc3[nH]2)C1. The number of benzene rings is 1. The van der Waals surface area contributed by atoms with E-state index >= 15 is 0 Å². The highest BCUT2D eigenvalue weighted by Crippen LogP contribution is 2.18. The van der Waals surface area contributed by atoms with Crippen molar-refractivity contribution < 1.29 is 9.94 Å². The third-order valence-electron chi connectivity index (χ3n) is 3.74. The molecule has 1 aliphatic heterocycles. The molecule has 22 heavy (non-hydrogen) atoms. The average Bonchev–Trinajstić information content (AvgIpc) is 2.95. The van der Waals surface area contributed by atoms with E-state index in [2.05, 4.69) is 32.4 Å². The van der Waals surface area contributed by atoms with Crippen LogP contribution in [0.25, 0.3) is 11.0 Å². The van der Waals surface area contributed by atoms with Crippen molar-refractivity contribution in [3.8, 4) is 0 Å². The summed E-state index contributed by atoms with van der Waals surface area (Å²) < 4.78 is 5.71. The molecule has 0 aliphatic carbocycles. The topological polar surface area (TPSA) is 112 Å². The zero-order chi connectivity index (χ0) is 15.5. The Morgan fingerprint density at radius 1 is 1.64 bits per heavy atom. The number of fused-ring (bicyclic) bond motifs is 1. The van der Waals surface area contributed by atoms with Crippen LogP contribution in [0.1, 0.15) is 5.56 Å². The Morgan fingerprint density at radius 3 is 3.27 bits per heavy atom. The van der Waals surface area contributed by atoms with E-state index in [1.165, 1.54) is 0 Å². The van der Waals surface area contributed by atoms with Crippen molar-refractivity contribution in [3.05, 3.63) is 23.8 Å². The number of amidine groups is 1. The second-order valence-electron chi connectivity index (χ2n) is 5.41. The molecule has 1 aliphatic rings. The number of nitrogens with two attached hydrogens (primary N) is 1.